The quantitative estimate of drug-likeness (QED) is 0.167. The number of hydrogen-bond acceptors (Lipinski definition) is 2. The van der Waals surface area contributed by atoms with Crippen LogP contribution in [0.25, 0.3) is 105 Å². The molecule has 2 aliphatic carbocycles. The summed E-state index contributed by atoms with van der Waals surface area (Å²) in [6.07, 6.45) is 3.57. The number of rotatable bonds is 3. The molecule has 0 fully saturated rings. The fourth-order valence-electron chi connectivity index (χ4n) is 11.3. The highest BCUT2D eigenvalue weighted by molar-refractivity contribution is 6.23. The van der Waals surface area contributed by atoms with Gasteiger partial charge in [0.1, 0.15) is 0 Å². The molecular weight excluding hydrogens is 751 g/mol. The van der Waals surface area contributed by atoms with Crippen LogP contribution in [-0.2, 0) is 5.41 Å². The molecule has 1 spiro atoms. The van der Waals surface area contributed by atoms with Crippen LogP contribution in [0.2, 0.25) is 0 Å². The number of fused-ring (bicyclic) bond motifs is 19. The van der Waals surface area contributed by atoms with Crippen molar-refractivity contribution >= 4 is 54.4 Å². The zero-order valence-corrected chi connectivity index (χ0v) is 33.5. The van der Waals surface area contributed by atoms with E-state index in [0.717, 1.165) is 21.8 Å². The minimum atomic E-state index is -0.397. The summed E-state index contributed by atoms with van der Waals surface area (Å²) in [6.45, 7) is 0. The predicted octanol–water partition coefficient (Wildman–Crippen LogP) is 14.7. The topological polar surface area (TPSA) is 30.7 Å². The number of aromatic nitrogens is 3. The molecule has 0 N–H and O–H groups in total. The molecule has 0 radical (unpaired) electrons. The zero-order valence-electron chi connectivity index (χ0n) is 33.5. The van der Waals surface area contributed by atoms with Gasteiger partial charge in [-0.05, 0) is 120 Å². The molecule has 3 nitrogen and oxygen atoms in total. The first-order valence-corrected chi connectivity index (χ1v) is 21.4. The minimum Gasteiger partial charge on any atom is -0.309 e. The highest BCUT2D eigenvalue weighted by Crippen LogP contribution is 2.63. The Balaban J connectivity index is 0.926. The van der Waals surface area contributed by atoms with Crippen LogP contribution < -0.4 is 0 Å². The lowest BCUT2D eigenvalue weighted by atomic mass is 9.70. The first kappa shape index (κ1) is 33.7. The van der Waals surface area contributed by atoms with Crippen LogP contribution in [0.1, 0.15) is 22.3 Å². The Labute approximate surface area is 357 Å². The van der Waals surface area contributed by atoms with Crippen molar-refractivity contribution in [2.45, 2.75) is 5.41 Å². The van der Waals surface area contributed by atoms with Gasteiger partial charge in [0.05, 0.1) is 27.5 Å². The molecule has 0 saturated heterocycles. The van der Waals surface area contributed by atoms with Crippen LogP contribution in [-0.4, -0.2) is 14.5 Å². The standard InChI is InChI=1S/C59H35N3/c1-2-19-47-41(14-1)49-33-38(24-27-48(49)58-57(47)60-30-31-61-58)36-12-11-13-37(32-36)39-25-29-56-50(34-39)46-18-6-10-23-55(46)62(56)40-26-28-45-44-17-5-9-22-53(44)59(54(45)35-40)51-20-7-3-15-42(51)43-16-4-8-21-52(43)59/h1-35H. The van der Waals surface area contributed by atoms with Gasteiger partial charge in [0.25, 0.3) is 0 Å². The Hall–Kier alpha value is -8.14. The summed E-state index contributed by atoms with van der Waals surface area (Å²) in [5.74, 6) is 0. The molecule has 0 bridgehead atoms. The van der Waals surface area contributed by atoms with Crippen molar-refractivity contribution in [3.8, 4) is 50.2 Å². The van der Waals surface area contributed by atoms with Gasteiger partial charge < -0.3 is 4.57 Å². The second kappa shape index (κ2) is 12.4. The highest BCUT2D eigenvalue weighted by atomic mass is 15.0. The van der Waals surface area contributed by atoms with Crippen LogP contribution in [0.4, 0.5) is 0 Å². The molecule has 0 saturated carbocycles. The van der Waals surface area contributed by atoms with Crippen LogP contribution in [0, 0.1) is 0 Å². The summed E-state index contributed by atoms with van der Waals surface area (Å²) in [7, 11) is 0. The second-order valence-corrected chi connectivity index (χ2v) is 16.8. The van der Waals surface area contributed by atoms with E-state index in [9.17, 15) is 0 Å². The maximum Gasteiger partial charge on any atom is 0.0971 e. The minimum absolute atomic E-state index is 0.397. The zero-order chi connectivity index (χ0) is 40.5. The highest BCUT2D eigenvalue weighted by Gasteiger charge is 2.51. The monoisotopic (exact) mass is 785 g/mol. The van der Waals surface area contributed by atoms with E-state index in [2.05, 4.69) is 205 Å². The number of para-hydroxylation sites is 1. The van der Waals surface area contributed by atoms with Gasteiger partial charge >= 0.3 is 0 Å². The summed E-state index contributed by atoms with van der Waals surface area (Å²) in [5.41, 5.74) is 20.5. The molecule has 286 valence electrons. The summed E-state index contributed by atoms with van der Waals surface area (Å²) in [6, 6.07) is 74.5. The van der Waals surface area contributed by atoms with Gasteiger partial charge in [-0.25, -0.2) is 0 Å². The van der Waals surface area contributed by atoms with E-state index in [1.54, 1.807) is 12.4 Å². The Morgan fingerprint density at radius 3 is 1.48 bits per heavy atom. The molecule has 10 aromatic carbocycles. The van der Waals surface area contributed by atoms with E-state index < -0.39 is 5.41 Å². The van der Waals surface area contributed by atoms with Gasteiger partial charge in [-0.2, -0.15) is 0 Å². The number of benzene rings is 10. The third-order valence-electron chi connectivity index (χ3n) is 13.9. The first-order chi connectivity index (χ1) is 30.8. The van der Waals surface area contributed by atoms with Crippen molar-refractivity contribution in [2.24, 2.45) is 0 Å². The molecule has 62 heavy (non-hydrogen) atoms. The summed E-state index contributed by atoms with van der Waals surface area (Å²) < 4.78 is 2.47. The average molecular weight is 786 g/mol. The molecule has 0 aliphatic heterocycles. The fourth-order valence-corrected chi connectivity index (χ4v) is 11.3. The summed E-state index contributed by atoms with van der Waals surface area (Å²) in [4.78, 5) is 9.51. The van der Waals surface area contributed by atoms with Gasteiger partial charge in [0.15, 0.2) is 0 Å². The van der Waals surface area contributed by atoms with Crippen LogP contribution in [0.3, 0.4) is 0 Å². The lowest BCUT2D eigenvalue weighted by molar-refractivity contribution is 0.792. The predicted molar refractivity (Wildman–Crippen MR) is 256 cm³/mol. The third kappa shape index (κ3) is 4.39. The van der Waals surface area contributed by atoms with E-state index in [1.165, 1.54) is 105 Å². The van der Waals surface area contributed by atoms with Crippen molar-refractivity contribution in [3.63, 3.8) is 0 Å². The molecule has 12 aromatic rings. The van der Waals surface area contributed by atoms with Crippen molar-refractivity contribution in [1.29, 1.82) is 0 Å². The number of hydrogen-bond donors (Lipinski definition) is 0. The molecular formula is C59H35N3. The number of nitrogens with zero attached hydrogens (tertiary/aromatic N) is 3. The van der Waals surface area contributed by atoms with E-state index in [0.29, 0.717) is 0 Å². The van der Waals surface area contributed by atoms with E-state index in [4.69, 9.17) is 9.97 Å². The molecule has 0 unspecified atom stereocenters. The van der Waals surface area contributed by atoms with Gasteiger partial charge in [-0.3, -0.25) is 9.97 Å². The SMILES string of the molecule is c1cc(-c2ccc3c(c2)c2ccccc2c2nccnc32)cc(-c2ccc3c(c2)c2ccccc2n3-c2ccc3c(c2)C2(c4ccccc4-c4ccccc42)c2ccccc2-3)c1. The molecule has 2 heterocycles. The maximum absolute atomic E-state index is 4.78. The van der Waals surface area contributed by atoms with Gasteiger partial charge in [-0.15, -0.1) is 0 Å². The van der Waals surface area contributed by atoms with Crippen molar-refractivity contribution in [2.75, 3.05) is 0 Å². The summed E-state index contributed by atoms with van der Waals surface area (Å²) >= 11 is 0. The second-order valence-electron chi connectivity index (χ2n) is 16.8. The van der Waals surface area contributed by atoms with E-state index >= 15 is 0 Å². The molecule has 0 atom stereocenters. The molecule has 2 aliphatic rings. The molecule has 0 amide bonds. The lowest BCUT2D eigenvalue weighted by Crippen LogP contribution is -2.26. The first-order valence-electron chi connectivity index (χ1n) is 21.4. The van der Waals surface area contributed by atoms with Crippen molar-refractivity contribution in [1.82, 2.24) is 14.5 Å². The normalized spacial score (nSPS) is 13.3. The average Bonchev–Trinajstić information content (AvgIpc) is 3.95. The molecule has 3 heteroatoms. The maximum atomic E-state index is 4.78. The largest absolute Gasteiger partial charge is 0.309 e. The molecule has 2 aromatic heterocycles. The van der Waals surface area contributed by atoms with Crippen LogP contribution in [0.5, 0.6) is 0 Å². The summed E-state index contributed by atoms with van der Waals surface area (Å²) in [5, 5.41) is 7.11. The Morgan fingerprint density at radius 2 is 0.806 bits per heavy atom. The van der Waals surface area contributed by atoms with Crippen molar-refractivity contribution in [3.05, 3.63) is 235 Å². The van der Waals surface area contributed by atoms with Gasteiger partial charge in [0, 0.05) is 39.6 Å². The lowest BCUT2D eigenvalue weighted by Gasteiger charge is -2.30. The third-order valence-corrected chi connectivity index (χ3v) is 13.9. The van der Waals surface area contributed by atoms with E-state index in [1.807, 2.05) is 0 Å². The Morgan fingerprint density at radius 1 is 0.306 bits per heavy atom. The van der Waals surface area contributed by atoms with Gasteiger partial charge in [-0.1, -0.05) is 158 Å². The van der Waals surface area contributed by atoms with Crippen LogP contribution in [0.15, 0.2) is 213 Å². The fraction of sp³-hybridized carbons (Fsp3) is 0.0169. The van der Waals surface area contributed by atoms with Gasteiger partial charge in [0.2, 0.25) is 0 Å². The van der Waals surface area contributed by atoms with Crippen molar-refractivity contribution < 1.29 is 0 Å². The van der Waals surface area contributed by atoms with Crippen LogP contribution >= 0.6 is 0 Å². The smallest absolute Gasteiger partial charge is 0.0971 e. The Kier molecular flexibility index (Phi) is 6.76. The Bertz CT molecular complexity index is 3790. The molecule has 14 rings (SSSR count). The van der Waals surface area contributed by atoms with E-state index in [-0.39, 0.29) is 0 Å².